The summed E-state index contributed by atoms with van der Waals surface area (Å²) in [6.45, 7) is 5.77. The zero-order chi connectivity index (χ0) is 19.3. The molecule has 2 rings (SSSR count). The molecule has 0 aromatic heterocycles. The van der Waals surface area contributed by atoms with Crippen LogP contribution in [-0.2, 0) is 9.59 Å². The normalized spacial score (nSPS) is 10.7. The first-order chi connectivity index (χ1) is 12.3. The van der Waals surface area contributed by atoms with Gasteiger partial charge in [0.2, 0.25) is 11.8 Å². The topological polar surface area (TPSA) is 49.4 Å². The summed E-state index contributed by atoms with van der Waals surface area (Å²) in [5, 5.41) is 2.75. The highest BCUT2D eigenvalue weighted by Crippen LogP contribution is 2.23. The minimum absolute atomic E-state index is 0.0663. The van der Waals surface area contributed by atoms with Gasteiger partial charge in [-0.25, -0.2) is 4.39 Å². The third-order valence-corrected chi connectivity index (χ3v) is 4.31. The summed E-state index contributed by atoms with van der Waals surface area (Å²) in [6, 6.07) is 11.7. The maximum Gasteiger partial charge on any atom is 0.226 e. The number of halogens is 2. The average Bonchev–Trinajstić information content (AvgIpc) is 2.58. The molecule has 0 aliphatic rings. The quantitative estimate of drug-likeness (QED) is 0.772. The van der Waals surface area contributed by atoms with Gasteiger partial charge in [-0.3, -0.25) is 9.59 Å². The lowest BCUT2D eigenvalue weighted by Crippen LogP contribution is -2.32. The number of benzene rings is 2. The molecule has 138 valence electrons. The van der Waals surface area contributed by atoms with Crippen LogP contribution >= 0.6 is 11.6 Å². The van der Waals surface area contributed by atoms with Gasteiger partial charge in [-0.15, -0.1) is 0 Å². The predicted molar refractivity (Wildman–Crippen MR) is 103 cm³/mol. The summed E-state index contributed by atoms with van der Waals surface area (Å²) in [7, 11) is 0. The Bertz CT molecular complexity index is 791. The van der Waals surface area contributed by atoms with Gasteiger partial charge in [0, 0.05) is 31.3 Å². The summed E-state index contributed by atoms with van der Waals surface area (Å²) in [4.78, 5) is 25.4. The van der Waals surface area contributed by atoms with E-state index in [1.165, 1.54) is 35.6 Å². The van der Waals surface area contributed by atoms with E-state index < -0.39 is 5.82 Å². The molecule has 2 aromatic carbocycles. The average molecular weight is 377 g/mol. The molecule has 6 heteroatoms. The fourth-order valence-corrected chi connectivity index (χ4v) is 2.68. The number of carbonyl (C=O) groups excluding carboxylic acids is 2. The van der Waals surface area contributed by atoms with Gasteiger partial charge in [0.15, 0.2) is 0 Å². The second kappa shape index (κ2) is 8.81. The molecule has 0 fully saturated rings. The van der Waals surface area contributed by atoms with E-state index in [4.69, 9.17) is 11.6 Å². The van der Waals surface area contributed by atoms with Crippen LogP contribution in [0.25, 0.3) is 0 Å². The molecule has 0 saturated heterocycles. The first kappa shape index (κ1) is 19.9. The third-order valence-electron chi connectivity index (χ3n) is 4.02. The standard InChI is InChI=1S/C20H22ClFN2O2/c1-13(2)15-4-6-16(7-5-15)23-20(26)10-11-24(14(3)25)17-8-9-19(22)18(21)12-17/h4-9,12-13H,10-11H2,1-3H3,(H,23,26). The van der Waals surface area contributed by atoms with Gasteiger partial charge >= 0.3 is 0 Å². The van der Waals surface area contributed by atoms with Crippen LogP contribution in [0.2, 0.25) is 5.02 Å². The molecule has 2 amide bonds. The third kappa shape index (κ3) is 5.30. The van der Waals surface area contributed by atoms with E-state index in [0.29, 0.717) is 17.3 Å². The highest BCUT2D eigenvalue weighted by atomic mass is 35.5. The number of nitrogens with zero attached hydrogens (tertiary/aromatic N) is 1. The molecule has 4 nitrogen and oxygen atoms in total. The van der Waals surface area contributed by atoms with E-state index in [-0.39, 0.29) is 29.8 Å². The lowest BCUT2D eigenvalue weighted by molar-refractivity contribution is -0.117. The molecular formula is C20H22ClFN2O2. The van der Waals surface area contributed by atoms with Crippen molar-refractivity contribution in [2.75, 3.05) is 16.8 Å². The van der Waals surface area contributed by atoms with Crippen molar-refractivity contribution in [3.05, 3.63) is 58.9 Å². The van der Waals surface area contributed by atoms with Crippen LogP contribution in [0.5, 0.6) is 0 Å². The SMILES string of the molecule is CC(=O)N(CCC(=O)Nc1ccc(C(C)C)cc1)c1ccc(F)c(Cl)c1. The number of amides is 2. The molecule has 0 saturated carbocycles. The predicted octanol–water partition coefficient (Wildman–Crippen LogP) is 4.98. The summed E-state index contributed by atoms with van der Waals surface area (Å²) in [5.74, 6) is -0.587. The fourth-order valence-electron chi connectivity index (χ4n) is 2.51. The smallest absolute Gasteiger partial charge is 0.226 e. The van der Waals surface area contributed by atoms with E-state index in [1.54, 1.807) is 0 Å². The van der Waals surface area contributed by atoms with Crippen LogP contribution in [0, 0.1) is 5.82 Å². The number of nitrogens with one attached hydrogen (secondary N) is 1. The largest absolute Gasteiger partial charge is 0.326 e. The van der Waals surface area contributed by atoms with Gasteiger partial charge < -0.3 is 10.2 Å². The van der Waals surface area contributed by atoms with Gasteiger partial charge in [0.1, 0.15) is 5.82 Å². The second-order valence-electron chi connectivity index (χ2n) is 6.34. The molecular weight excluding hydrogens is 355 g/mol. The maximum absolute atomic E-state index is 13.3. The lowest BCUT2D eigenvalue weighted by atomic mass is 10.0. The van der Waals surface area contributed by atoms with Crippen LogP contribution in [-0.4, -0.2) is 18.4 Å². The van der Waals surface area contributed by atoms with E-state index >= 15 is 0 Å². The van der Waals surface area contributed by atoms with Crippen molar-refractivity contribution in [3.63, 3.8) is 0 Å². The zero-order valence-corrected chi connectivity index (χ0v) is 15.8. The molecule has 0 bridgehead atoms. The molecule has 0 unspecified atom stereocenters. The van der Waals surface area contributed by atoms with Gasteiger partial charge in [0.05, 0.1) is 5.02 Å². The lowest BCUT2D eigenvalue weighted by Gasteiger charge is -2.21. The van der Waals surface area contributed by atoms with E-state index in [0.717, 1.165) is 0 Å². The van der Waals surface area contributed by atoms with Crippen LogP contribution in [0.3, 0.4) is 0 Å². The first-order valence-corrected chi connectivity index (χ1v) is 8.78. The Morgan fingerprint density at radius 2 is 1.81 bits per heavy atom. The Balaban J connectivity index is 1.98. The Morgan fingerprint density at radius 3 is 2.35 bits per heavy atom. The van der Waals surface area contributed by atoms with Crippen LogP contribution in [0.1, 0.15) is 38.7 Å². The molecule has 0 radical (unpaired) electrons. The highest BCUT2D eigenvalue weighted by molar-refractivity contribution is 6.31. The van der Waals surface area contributed by atoms with Crippen LogP contribution < -0.4 is 10.2 Å². The second-order valence-corrected chi connectivity index (χ2v) is 6.75. The Hall–Kier alpha value is -2.40. The Kier molecular flexibility index (Phi) is 6.75. The molecule has 0 aliphatic heterocycles. The zero-order valence-electron chi connectivity index (χ0n) is 15.1. The van der Waals surface area contributed by atoms with E-state index in [1.807, 2.05) is 24.3 Å². The van der Waals surface area contributed by atoms with Gasteiger partial charge in [-0.1, -0.05) is 37.6 Å². The van der Waals surface area contributed by atoms with Crippen molar-refractivity contribution in [2.24, 2.45) is 0 Å². The Morgan fingerprint density at radius 1 is 1.15 bits per heavy atom. The summed E-state index contributed by atoms with van der Waals surface area (Å²) in [5.41, 5.74) is 2.36. The summed E-state index contributed by atoms with van der Waals surface area (Å²) >= 11 is 5.78. The van der Waals surface area contributed by atoms with E-state index in [2.05, 4.69) is 19.2 Å². The molecule has 1 N–H and O–H groups in total. The van der Waals surface area contributed by atoms with Gasteiger partial charge in [-0.2, -0.15) is 0 Å². The number of anilines is 2. The summed E-state index contributed by atoms with van der Waals surface area (Å²) < 4.78 is 13.3. The van der Waals surface area contributed by atoms with Crippen LogP contribution in [0.15, 0.2) is 42.5 Å². The number of hydrogen-bond donors (Lipinski definition) is 1. The minimum Gasteiger partial charge on any atom is -0.326 e. The van der Waals surface area contributed by atoms with Crippen molar-refractivity contribution < 1.29 is 14.0 Å². The van der Waals surface area contributed by atoms with Crippen molar-refractivity contribution in [3.8, 4) is 0 Å². The highest BCUT2D eigenvalue weighted by Gasteiger charge is 2.15. The summed E-state index contributed by atoms with van der Waals surface area (Å²) in [6.07, 6.45) is 0.112. The van der Waals surface area contributed by atoms with Gasteiger partial charge in [-0.05, 0) is 41.8 Å². The molecule has 0 atom stereocenters. The molecule has 26 heavy (non-hydrogen) atoms. The number of rotatable bonds is 6. The van der Waals surface area contributed by atoms with Crippen molar-refractivity contribution >= 4 is 34.8 Å². The maximum atomic E-state index is 13.3. The Labute approximate surface area is 158 Å². The monoisotopic (exact) mass is 376 g/mol. The minimum atomic E-state index is -0.554. The van der Waals surface area contributed by atoms with Crippen molar-refractivity contribution in [1.82, 2.24) is 0 Å². The number of hydrogen-bond acceptors (Lipinski definition) is 2. The fraction of sp³-hybridized carbons (Fsp3) is 0.300. The molecule has 2 aromatic rings. The van der Waals surface area contributed by atoms with Gasteiger partial charge in [0.25, 0.3) is 0 Å². The van der Waals surface area contributed by atoms with Crippen molar-refractivity contribution in [2.45, 2.75) is 33.1 Å². The van der Waals surface area contributed by atoms with E-state index in [9.17, 15) is 14.0 Å². The first-order valence-electron chi connectivity index (χ1n) is 8.41. The van der Waals surface area contributed by atoms with Crippen molar-refractivity contribution in [1.29, 1.82) is 0 Å². The van der Waals surface area contributed by atoms with Crippen LogP contribution in [0.4, 0.5) is 15.8 Å². The number of carbonyl (C=O) groups is 2. The molecule has 0 spiro atoms. The molecule has 0 aliphatic carbocycles. The molecule has 0 heterocycles.